The molecule has 2 N–H and O–H groups in total. The molecule has 0 amide bonds. The Morgan fingerprint density at radius 1 is 1.00 bits per heavy atom. The van der Waals surface area contributed by atoms with Gasteiger partial charge in [-0.1, -0.05) is 96.2 Å². The highest BCUT2D eigenvalue weighted by molar-refractivity contribution is 5.85. The van der Waals surface area contributed by atoms with Crippen molar-refractivity contribution in [2.75, 3.05) is 6.54 Å². The number of hydrogen-bond donors (Lipinski definition) is 2. The van der Waals surface area contributed by atoms with Gasteiger partial charge in [-0.3, -0.25) is 4.79 Å². The zero-order valence-corrected chi connectivity index (χ0v) is 20.6. The van der Waals surface area contributed by atoms with Gasteiger partial charge in [-0.15, -0.1) is 0 Å². The Labute approximate surface area is 211 Å². The van der Waals surface area contributed by atoms with E-state index in [4.69, 9.17) is 4.52 Å². The van der Waals surface area contributed by atoms with Gasteiger partial charge in [-0.05, 0) is 48.9 Å². The fourth-order valence-electron chi connectivity index (χ4n) is 4.61. The topological polar surface area (TPSA) is 75.4 Å². The van der Waals surface area contributed by atoms with E-state index in [2.05, 4.69) is 65.9 Å². The molecule has 1 saturated carbocycles. The predicted molar refractivity (Wildman–Crippen MR) is 143 cm³/mol. The summed E-state index contributed by atoms with van der Waals surface area (Å²) in [5, 5.41) is 17.2. The zero-order valence-electron chi connectivity index (χ0n) is 20.6. The number of nitrogens with zero attached hydrogens (tertiary/aromatic N) is 1. The average molecular weight is 479 g/mol. The molecule has 0 saturated heterocycles. The van der Waals surface area contributed by atoms with Crippen LogP contribution >= 0.6 is 0 Å². The van der Waals surface area contributed by atoms with Gasteiger partial charge in [0.15, 0.2) is 5.76 Å². The van der Waals surface area contributed by atoms with Crippen LogP contribution in [0.3, 0.4) is 0 Å². The standard InChI is InChI=1S/C31H30N2O3/c1-21(23-7-4-3-5-8-23)32-20-6-9-28-22(2)33-36-29(28)26-12-10-24(11-13-26)25-14-16-27(17-15-25)31(18-19-31)30(34)35/h3-17,21,32H,18-20H2,1-2H3,(H,34,35)/b9-6+. The lowest BCUT2D eigenvalue weighted by molar-refractivity contribution is -0.140. The molecule has 1 atom stereocenters. The van der Waals surface area contributed by atoms with E-state index in [1.165, 1.54) is 5.56 Å². The molecule has 1 heterocycles. The molecule has 1 aliphatic carbocycles. The lowest BCUT2D eigenvalue weighted by Gasteiger charge is -2.12. The Kier molecular flexibility index (Phi) is 6.57. The highest BCUT2D eigenvalue weighted by Gasteiger charge is 2.51. The van der Waals surface area contributed by atoms with Gasteiger partial charge in [0.25, 0.3) is 0 Å². The predicted octanol–water partition coefficient (Wildman–Crippen LogP) is 6.80. The van der Waals surface area contributed by atoms with Crippen LogP contribution in [-0.4, -0.2) is 22.8 Å². The van der Waals surface area contributed by atoms with Gasteiger partial charge in [0, 0.05) is 23.7 Å². The Bertz CT molecular complexity index is 1370. The number of rotatable bonds is 9. The number of nitrogens with one attached hydrogen (secondary N) is 1. The van der Waals surface area contributed by atoms with Crippen LogP contribution in [0.25, 0.3) is 28.5 Å². The molecule has 5 rings (SSSR count). The molecule has 0 bridgehead atoms. The van der Waals surface area contributed by atoms with E-state index < -0.39 is 11.4 Å². The highest BCUT2D eigenvalue weighted by Crippen LogP contribution is 2.48. The van der Waals surface area contributed by atoms with Crippen molar-refractivity contribution >= 4 is 12.0 Å². The lowest BCUT2D eigenvalue weighted by atomic mass is 9.93. The minimum Gasteiger partial charge on any atom is -0.481 e. The second kappa shape index (κ2) is 9.96. The SMILES string of the molecule is Cc1noc(-c2ccc(-c3ccc(C4(C(=O)O)CC4)cc3)cc2)c1/C=C/CNC(C)c1ccccc1. The number of benzene rings is 3. The second-order valence-corrected chi connectivity index (χ2v) is 9.50. The first kappa shape index (κ1) is 23.8. The van der Waals surface area contributed by atoms with E-state index in [1.807, 2.05) is 49.4 Å². The van der Waals surface area contributed by atoms with Crippen LogP contribution in [0.15, 0.2) is 89.5 Å². The first-order valence-corrected chi connectivity index (χ1v) is 12.3. The lowest BCUT2D eigenvalue weighted by Crippen LogP contribution is -2.19. The number of aliphatic carboxylic acids is 1. The molecule has 5 heteroatoms. The Hall–Kier alpha value is -3.96. The molecule has 36 heavy (non-hydrogen) atoms. The minimum absolute atomic E-state index is 0.263. The van der Waals surface area contributed by atoms with Crippen molar-refractivity contribution in [3.63, 3.8) is 0 Å². The number of carbonyl (C=O) groups is 1. The van der Waals surface area contributed by atoms with Gasteiger partial charge in [-0.25, -0.2) is 0 Å². The molecule has 0 spiro atoms. The van der Waals surface area contributed by atoms with Crippen LogP contribution in [0.1, 0.15) is 48.2 Å². The van der Waals surface area contributed by atoms with Gasteiger partial charge in [-0.2, -0.15) is 0 Å². The summed E-state index contributed by atoms with van der Waals surface area (Å²) >= 11 is 0. The molecule has 4 aromatic rings. The molecule has 5 nitrogen and oxygen atoms in total. The summed E-state index contributed by atoms with van der Waals surface area (Å²) in [4.78, 5) is 11.6. The van der Waals surface area contributed by atoms with Gasteiger partial charge < -0.3 is 14.9 Å². The van der Waals surface area contributed by atoms with Crippen LogP contribution in [0, 0.1) is 6.92 Å². The van der Waals surface area contributed by atoms with E-state index in [-0.39, 0.29) is 6.04 Å². The number of aromatic nitrogens is 1. The third kappa shape index (κ3) is 4.75. The van der Waals surface area contributed by atoms with Crippen molar-refractivity contribution < 1.29 is 14.4 Å². The molecular formula is C31H30N2O3. The van der Waals surface area contributed by atoms with Crippen LogP contribution in [0.5, 0.6) is 0 Å². The van der Waals surface area contributed by atoms with Crippen molar-refractivity contribution in [1.82, 2.24) is 10.5 Å². The molecule has 1 aliphatic rings. The zero-order chi connectivity index (χ0) is 25.1. The van der Waals surface area contributed by atoms with Crippen molar-refractivity contribution in [3.05, 3.63) is 107 Å². The summed E-state index contributed by atoms with van der Waals surface area (Å²) in [6.45, 7) is 4.84. The number of carboxylic acid groups (broad SMARTS) is 1. The molecule has 1 fully saturated rings. The van der Waals surface area contributed by atoms with E-state index in [0.717, 1.165) is 45.8 Å². The maximum Gasteiger partial charge on any atom is 0.314 e. The first-order chi connectivity index (χ1) is 17.5. The third-order valence-corrected chi connectivity index (χ3v) is 7.11. The first-order valence-electron chi connectivity index (χ1n) is 12.3. The van der Waals surface area contributed by atoms with Crippen molar-refractivity contribution in [3.8, 4) is 22.5 Å². The molecule has 3 aromatic carbocycles. The smallest absolute Gasteiger partial charge is 0.314 e. The van der Waals surface area contributed by atoms with Gasteiger partial charge >= 0.3 is 5.97 Å². The normalized spacial score (nSPS) is 15.2. The minimum atomic E-state index is -0.728. The summed E-state index contributed by atoms with van der Waals surface area (Å²) < 4.78 is 5.68. The number of aryl methyl sites for hydroxylation is 1. The molecule has 1 unspecified atom stereocenters. The van der Waals surface area contributed by atoms with E-state index in [0.29, 0.717) is 12.8 Å². The van der Waals surface area contributed by atoms with Crippen LogP contribution < -0.4 is 5.32 Å². The van der Waals surface area contributed by atoms with Gasteiger partial charge in [0.1, 0.15) is 0 Å². The summed E-state index contributed by atoms with van der Waals surface area (Å²) in [5.74, 6) is 0.0205. The quantitative estimate of drug-likeness (QED) is 0.277. The monoisotopic (exact) mass is 478 g/mol. The van der Waals surface area contributed by atoms with E-state index in [1.54, 1.807) is 0 Å². The maximum atomic E-state index is 11.6. The number of hydrogen-bond acceptors (Lipinski definition) is 4. The van der Waals surface area contributed by atoms with Gasteiger partial charge in [0.05, 0.1) is 11.1 Å². The van der Waals surface area contributed by atoms with Crippen molar-refractivity contribution in [1.29, 1.82) is 0 Å². The summed E-state index contributed by atoms with van der Waals surface area (Å²) in [7, 11) is 0. The molecule has 0 aliphatic heterocycles. The van der Waals surface area contributed by atoms with E-state index in [9.17, 15) is 9.90 Å². The van der Waals surface area contributed by atoms with Crippen molar-refractivity contribution in [2.24, 2.45) is 0 Å². The largest absolute Gasteiger partial charge is 0.481 e. The summed E-state index contributed by atoms with van der Waals surface area (Å²) in [6, 6.07) is 26.7. The maximum absolute atomic E-state index is 11.6. The Balaban J connectivity index is 1.27. The van der Waals surface area contributed by atoms with Crippen LogP contribution in [-0.2, 0) is 10.2 Å². The van der Waals surface area contributed by atoms with E-state index >= 15 is 0 Å². The molecule has 0 radical (unpaired) electrons. The second-order valence-electron chi connectivity index (χ2n) is 9.50. The fraction of sp³-hybridized carbons (Fsp3) is 0.226. The Morgan fingerprint density at radius 2 is 1.61 bits per heavy atom. The molecular weight excluding hydrogens is 448 g/mol. The van der Waals surface area contributed by atoms with Crippen molar-refractivity contribution in [2.45, 2.75) is 38.1 Å². The average Bonchev–Trinajstić information content (AvgIpc) is 3.65. The summed E-state index contributed by atoms with van der Waals surface area (Å²) in [6.07, 6.45) is 5.59. The van der Waals surface area contributed by atoms with Crippen LogP contribution in [0.2, 0.25) is 0 Å². The fourth-order valence-corrected chi connectivity index (χ4v) is 4.61. The molecule has 1 aromatic heterocycles. The third-order valence-electron chi connectivity index (χ3n) is 7.11. The highest BCUT2D eigenvalue weighted by atomic mass is 16.5. The Morgan fingerprint density at radius 3 is 2.22 bits per heavy atom. The summed E-state index contributed by atoms with van der Waals surface area (Å²) in [5.41, 5.74) is 6.38. The number of carboxylic acids is 1. The van der Waals surface area contributed by atoms with Gasteiger partial charge in [0.2, 0.25) is 0 Å². The molecule has 182 valence electrons. The van der Waals surface area contributed by atoms with Crippen LogP contribution in [0.4, 0.5) is 0 Å².